The number of rotatable bonds is 4. The van der Waals surface area contributed by atoms with Crippen molar-refractivity contribution >= 4 is 23.1 Å². The molecular weight excluding hydrogens is 378 g/mol. The van der Waals surface area contributed by atoms with Crippen LogP contribution in [-0.2, 0) is 0 Å². The second-order valence-corrected chi connectivity index (χ2v) is 6.59. The summed E-state index contributed by atoms with van der Waals surface area (Å²) in [6.45, 7) is 0. The third-order valence-electron chi connectivity index (χ3n) is 4.79. The van der Waals surface area contributed by atoms with E-state index < -0.39 is 0 Å². The molecule has 0 spiro atoms. The molecule has 0 aliphatic rings. The first-order chi connectivity index (χ1) is 14.6. The van der Waals surface area contributed by atoms with E-state index in [0.29, 0.717) is 44.7 Å². The lowest BCUT2D eigenvalue weighted by molar-refractivity contribution is 0.373. The maximum Gasteiger partial charge on any atom is 0.201 e. The number of phenolic OH excluding ortho intramolecular Hbond substituents is 1. The minimum Gasteiger partial charge on any atom is -0.504 e. The molecule has 0 aliphatic carbocycles. The highest BCUT2D eigenvalue weighted by Crippen LogP contribution is 2.32. The SMILES string of the molecule is COc1cccc(/C=C/c2oc3ccccc3c(=O)c2-c2ccc(C#N)cc2)c1O. The van der Waals surface area contributed by atoms with E-state index in [1.165, 1.54) is 7.11 Å². The number of hydrogen-bond acceptors (Lipinski definition) is 5. The highest BCUT2D eigenvalue weighted by atomic mass is 16.5. The molecule has 30 heavy (non-hydrogen) atoms. The van der Waals surface area contributed by atoms with Crippen LogP contribution in [0.25, 0.3) is 34.2 Å². The van der Waals surface area contributed by atoms with Crippen molar-refractivity contribution in [1.29, 1.82) is 5.26 Å². The Hall–Kier alpha value is -4.30. The van der Waals surface area contributed by atoms with E-state index >= 15 is 0 Å². The predicted octanol–water partition coefficient (Wildman–Crippen LogP) is 5.22. The van der Waals surface area contributed by atoms with Crippen molar-refractivity contribution < 1.29 is 14.3 Å². The highest BCUT2D eigenvalue weighted by Gasteiger charge is 2.15. The second kappa shape index (κ2) is 7.98. The fourth-order valence-electron chi connectivity index (χ4n) is 3.27. The van der Waals surface area contributed by atoms with Gasteiger partial charge in [0.1, 0.15) is 11.3 Å². The average molecular weight is 395 g/mol. The summed E-state index contributed by atoms with van der Waals surface area (Å²) in [6.07, 6.45) is 3.31. The molecular formula is C25H17NO4. The summed E-state index contributed by atoms with van der Waals surface area (Å²) < 4.78 is 11.2. The first-order valence-corrected chi connectivity index (χ1v) is 9.23. The monoisotopic (exact) mass is 395 g/mol. The summed E-state index contributed by atoms with van der Waals surface area (Å²) in [5, 5.41) is 19.9. The standard InChI is InChI=1S/C25H17NO4/c1-29-22-8-4-5-18(24(22)27)13-14-21-23(17-11-9-16(15-26)10-12-17)25(28)19-6-2-3-7-20(19)30-21/h2-14,27H,1H3/b14-13+. The number of nitriles is 1. The van der Waals surface area contributed by atoms with E-state index in [9.17, 15) is 9.90 Å². The molecule has 0 bridgehead atoms. The zero-order chi connectivity index (χ0) is 21.1. The molecule has 5 nitrogen and oxygen atoms in total. The van der Waals surface area contributed by atoms with Gasteiger partial charge in [-0.3, -0.25) is 4.79 Å². The summed E-state index contributed by atoms with van der Waals surface area (Å²) in [5.74, 6) is 0.703. The summed E-state index contributed by atoms with van der Waals surface area (Å²) in [4.78, 5) is 13.3. The maximum absolute atomic E-state index is 13.3. The van der Waals surface area contributed by atoms with Gasteiger partial charge in [-0.15, -0.1) is 0 Å². The lowest BCUT2D eigenvalue weighted by atomic mass is 10.00. The number of ether oxygens (including phenoxy) is 1. The number of phenols is 1. The van der Waals surface area contributed by atoms with E-state index in [1.54, 1.807) is 78.9 Å². The number of hydrogen-bond donors (Lipinski definition) is 1. The molecule has 1 heterocycles. The summed E-state index contributed by atoms with van der Waals surface area (Å²) in [6, 6.07) is 21.0. The van der Waals surface area contributed by atoms with Crippen molar-refractivity contribution in [2.75, 3.05) is 7.11 Å². The smallest absolute Gasteiger partial charge is 0.201 e. The number of nitrogens with zero attached hydrogens (tertiary/aromatic N) is 1. The van der Waals surface area contributed by atoms with E-state index in [-0.39, 0.29) is 11.2 Å². The van der Waals surface area contributed by atoms with Crippen molar-refractivity contribution in [1.82, 2.24) is 0 Å². The number of methoxy groups -OCH3 is 1. The Balaban J connectivity index is 1.92. The van der Waals surface area contributed by atoms with Gasteiger partial charge < -0.3 is 14.3 Å². The van der Waals surface area contributed by atoms with E-state index in [1.807, 2.05) is 0 Å². The molecule has 0 amide bonds. The first-order valence-electron chi connectivity index (χ1n) is 9.23. The van der Waals surface area contributed by atoms with Crippen LogP contribution in [0.1, 0.15) is 16.9 Å². The van der Waals surface area contributed by atoms with Gasteiger partial charge in [0.15, 0.2) is 11.5 Å². The molecule has 0 unspecified atom stereocenters. The number of para-hydroxylation sites is 2. The maximum atomic E-state index is 13.3. The number of benzene rings is 3. The predicted molar refractivity (Wildman–Crippen MR) is 116 cm³/mol. The van der Waals surface area contributed by atoms with Crippen LogP contribution in [0.3, 0.4) is 0 Å². The Morgan fingerprint density at radius 1 is 1.00 bits per heavy atom. The fraction of sp³-hybridized carbons (Fsp3) is 0.0400. The summed E-state index contributed by atoms with van der Waals surface area (Å²) >= 11 is 0. The molecule has 4 rings (SSSR count). The topological polar surface area (TPSA) is 83.5 Å². The van der Waals surface area contributed by atoms with Gasteiger partial charge in [-0.2, -0.15) is 5.26 Å². The molecule has 5 heteroatoms. The van der Waals surface area contributed by atoms with Gasteiger partial charge in [-0.1, -0.05) is 36.4 Å². The van der Waals surface area contributed by atoms with Crippen molar-refractivity contribution in [3.63, 3.8) is 0 Å². The van der Waals surface area contributed by atoms with E-state index in [2.05, 4.69) is 6.07 Å². The largest absolute Gasteiger partial charge is 0.504 e. The van der Waals surface area contributed by atoms with Crippen LogP contribution < -0.4 is 10.2 Å². The Labute approximate surface area is 172 Å². The van der Waals surface area contributed by atoms with Crippen molar-refractivity contribution in [3.8, 4) is 28.7 Å². The van der Waals surface area contributed by atoms with Crippen LogP contribution in [0.15, 0.2) is 75.9 Å². The zero-order valence-electron chi connectivity index (χ0n) is 16.1. The minimum absolute atomic E-state index is 0.000640. The highest BCUT2D eigenvalue weighted by molar-refractivity contribution is 5.87. The molecule has 1 N–H and O–H groups in total. The van der Waals surface area contributed by atoms with Gasteiger partial charge in [-0.25, -0.2) is 0 Å². The van der Waals surface area contributed by atoms with Crippen molar-refractivity contribution in [2.45, 2.75) is 0 Å². The van der Waals surface area contributed by atoms with Crippen LogP contribution in [0, 0.1) is 11.3 Å². The third-order valence-corrected chi connectivity index (χ3v) is 4.79. The van der Waals surface area contributed by atoms with Gasteiger partial charge >= 0.3 is 0 Å². The van der Waals surface area contributed by atoms with Crippen LogP contribution in [0.5, 0.6) is 11.5 Å². The van der Waals surface area contributed by atoms with Crippen molar-refractivity contribution in [3.05, 3.63) is 93.8 Å². The third kappa shape index (κ3) is 3.43. The molecule has 0 saturated heterocycles. The average Bonchev–Trinajstić information content (AvgIpc) is 2.79. The molecule has 0 aliphatic heterocycles. The quantitative estimate of drug-likeness (QED) is 0.512. The zero-order valence-corrected chi connectivity index (χ0v) is 16.1. The first kappa shape index (κ1) is 19.0. The summed E-state index contributed by atoms with van der Waals surface area (Å²) in [7, 11) is 1.48. The molecule has 0 saturated carbocycles. The Morgan fingerprint density at radius 2 is 1.77 bits per heavy atom. The van der Waals surface area contributed by atoms with E-state index in [0.717, 1.165) is 0 Å². The van der Waals surface area contributed by atoms with Crippen LogP contribution in [-0.4, -0.2) is 12.2 Å². The minimum atomic E-state index is -0.170. The molecule has 1 aromatic heterocycles. The normalized spacial score (nSPS) is 10.9. The lowest BCUT2D eigenvalue weighted by Crippen LogP contribution is -2.07. The van der Waals surface area contributed by atoms with Crippen LogP contribution in [0.2, 0.25) is 0 Å². The Morgan fingerprint density at radius 3 is 2.50 bits per heavy atom. The van der Waals surface area contributed by atoms with Gasteiger partial charge in [0.25, 0.3) is 0 Å². The van der Waals surface area contributed by atoms with Gasteiger partial charge in [0.2, 0.25) is 5.43 Å². The molecule has 3 aromatic carbocycles. The van der Waals surface area contributed by atoms with Gasteiger partial charge in [0, 0.05) is 5.56 Å². The molecule has 146 valence electrons. The van der Waals surface area contributed by atoms with Gasteiger partial charge in [0.05, 0.1) is 29.7 Å². The van der Waals surface area contributed by atoms with Crippen molar-refractivity contribution in [2.24, 2.45) is 0 Å². The molecule has 0 radical (unpaired) electrons. The van der Waals surface area contributed by atoms with E-state index in [4.69, 9.17) is 14.4 Å². The lowest BCUT2D eigenvalue weighted by Gasteiger charge is -2.08. The van der Waals surface area contributed by atoms with Gasteiger partial charge in [-0.05, 0) is 48.0 Å². The molecule has 0 fully saturated rings. The number of fused-ring (bicyclic) bond motifs is 1. The fourth-order valence-corrected chi connectivity index (χ4v) is 3.27. The van der Waals surface area contributed by atoms with Crippen LogP contribution in [0.4, 0.5) is 0 Å². The van der Waals surface area contributed by atoms with Crippen LogP contribution >= 0.6 is 0 Å². The molecule has 0 atom stereocenters. The second-order valence-electron chi connectivity index (χ2n) is 6.59. The Bertz CT molecular complexity index is 1360. The molecule has 4 aromatic rings. The summed E-state index contributed by atoms with van der Waals surface area (Å²) in [5.41, 5.74) is 2.35. The Kier molecular flexibility index (Phi) is 5.06. The number of aromatic hydroxyl groups is 1.